The highest BCUT2D eigenvalue weighted by Gasteiger charge is 2.34. The third-order valence-corrected chi connectivity index (χ3v) is 8.72. The van der Waals surface area contributed by atoms with Crippen molar-refractivity contribution in [3.05, 3.63) is 114 Å². The van der Waals surface area contributed by atoms with Gasteiger partial charge < -0.3 is 10.2 Å². The number of rotatable bonds is 12. The van der Waals surface area contributed by atoms with Crippen molar-refractivity contribution in [1.29, 1.82) is 0 Å². The predicted octanol–water partition coefficient (Wildman–Crippen LogP) is 5.47. The zero-order valence-electron chi connectivity index (χ0n) is 24.7. The average Bonchev–Trinajstić information content (AvgIpc) is 2.98. The maximum atomic E-state index is 14.4. The van der Waals surface area contributed by atoms with Crippen molar-refractivity contribution in [1.82, 2.24) is 10.2 Å². The van der Waals surface area contributed by atoms with E-state index in [1.807, 2.05) is 106 Å². The van der Waals surface area contributed by atoms with Gasteiger partial charge in [0.05, 0.1) is 11.9 Å². The van der Waals surface area contributed by atoms with E-state index in [4.69, 9.17) is 0 Å². The second kappa shape index (κ2) is 13.7. The summed E-state index contributed by atoms with van der Waals surface area (Å²) in [6.45, 7) is 5.59. The Hall–Kier alpha value is -4.17. The quantitative estimate of drug-likeness (QED) is 0.239. The molecule has 0 bridgehead atoms. The van der Waals surface area contributed by atoms with Gasteiger partial charge in [-0.1, -0.05) is 97.9 Å². The smallest absolute Gasteiger partial charge is 0.244 e. The van der Waals surface area contributed by atoms with Crippen LogP contribution in [0, 0.1) is 6.92 Å². The van der Waals surface area contributed by atoms with E-state index >= 15 is 0 Å². The SMILES string of the molecule is CC[C@@H](C)NC(=O)[C@@H](Cc1ccccc1)N(Cc1ccccc1C)C(=O)CN(c1cccc2ccccc12)S(C)(=O)=O. The Kier molecular flexibility index (Phi) is 10.0. The molecule has 2 atom stereocenters. The topological polar surface area (TPSA) is 86.8 Å². The van der Waals surface area contributed by atoms with Crippen LogP contribution < -0.4 is 9.62 Å². The molecule has 4 aromatic carbocycles. The van der Waals surface area contributed by atoms with Crippen LogP contribution in [-0.2, 0) is 32.6 Å². The molecule has 0 aliphatic heterocycles. The summed E-state index contributed by atoms with van der Waals surface area (Å²) in [7, 11) is -3.86. The summed E-state index contributed by atoms with van der Waals surface area (Å²) in [5.74, 6) is -0.733. The molecule has 0 saturated carbocycles. The molecular formula is C34H39N3O4S. The summed E-state index contributed by atoms with van der Waals surface area (Å²) >= 11 is 0. The van der Waals surface area contributed by atoms with Crippen molar-refractivity contribution in [2.24, 2.45) is 0 Å². The van der Waals surface area contributed by atoms with Gasteiger partial charge >= 0.3 is 0 Å². The van der Waals surface area contributed by atoms with Gasteiger partial charge in [-0.2, -0.15) is 0 Å². The molecule has 0 aliphatic rings. The van der Waals surface area contributed by atoms with Gasteiger partial charge in [-0.05, 0) is 48.4 Å². The van der Waals surface area contributed by atoms with Crippen molar-refractivity contribution in [2.75, 3.05) is 17.1 Å². The highest BCUT2D eigenvalue weighted by atomic mass is 32.2. The van der Waals surface area contributed by atoms with Crippen LogP contribution in [0.4, 0.5) is 5.69 Å². The van der Waals surface area contributed by atoms with Crippen LogP contribution in [0.1, 0.15) is 37.0 Å². The monoisotopic (exact) mass is 585 g/mol. The molecule has 0 radical (unpaired) electrons. The van der Waals surface area contributed by atoms with Gasteiger partial charge in [-0.3, -0.25) is 13.9 Å². The number of hydrogen-bond acceptors (Lipinski definition) is 4. The van der Waals surface area contributed by atoms with E-state index in [1.54, 1.807) is 12.1 Å². The molecular weight excluding hydrogens is 546 g/mol. The number of aryl methyl sites for hydroxylation is 1. The van der Waals surface area contributed by atoms with Crippen LogP contribution in [0.25, 0.3) is 10.8 Å². The Morgan fingerprint density at radius 1 is 0.857 bits per heavy atom. The average molecular weight is 586 g/mol. The summed E-state index contributed by atoms with van der Waals surface area (Å²) in [6, 6.07) is 29.2. The lowest BCUT2D eigenvalue weighted by Gasteiger charge is -2.34. The minimum Gasteiger partial charge on any atom is -0.352 e. The summed E-state index contributed by atoms with van der Waals surface area (Å²) in [5, 5.41) is 4.65. The molecule has 8 heteroatoms. The summed E-state index contributed by atoms with van der Waals surface area (Å²) in [5.41, 5.74) is 3.18. The number of fused-ring (bicyclic) bond motifs is 1. The first-order valence-electron chi connectivity index (χ1n) is 14.2. The molecule has 4 aromatic rings. The molecule has 0 aliphatic carbocycles. The molecule has 0 spiro atoms. The molecule has 2 amide bonds. The number of benzene rings is 4. The van der Waals surface area contributed by atoms with Crippen molar-refractivity contribution in [2.45, 2.75) is 52.2 Å². The van der Waals surface area contributed by atoms with Crippen molar-refractivity contribution >= 4 is 38.3 Å². The normalized spacial score (nSPS) is 12.9. The largest absolute Gasteiger partial charge is 0.352 e. The molecule has 7 nitrogen and oxygen atoms in total. The van der Waals surface area contributed by atoms with Gasteiger partial charge in [0, 0.05) is 24.4 Å². The van der Waals surface area contributed by atoms with Crippen LogP contribution in [0.15, 0.2) is 97.1 Å². The molecule has 0 aromatic heterocycles. The van der Waals surface area contributed by atoms with E-state index in [2.05, 4.69) is 5.32 Å². The maximum Gasteiger partial charge on any atom is 0.244 e. The number of amides is 2. The number of sulfonamides is 1. The molecule has 1 N–H and O–H groups in total. The van der Waals surface area contributed by atoms with Crippen LogP contribution in [0.5, 0.6) is 0 Å². The third kappa shape index (κ3) is 7.56. The number of carbonyl (C=O) groups is 2. The van der Waals surface area contributed by atoms with E-state index in [0.29, 0.717) is 5.69 Å². The van der Waals surface area contributed by atoms with Crippen LogP contribution >= 0.6 is 0 Å². The molecule has 220 valence electrons. The minimum atomic E-state index is -3.86. The first-order valence-corrected chi connectivity index (χ1v) is 16.1. The Balaban J connectivity index is 1.79. The predicted molar refractivity (Wildman–Crippen MR) is 170 cm³/mol. The van der Waals surface area contributed by atoms with Gasteiger partial charge in [0.1, 0.15) is 12.6 Å². The van der Waals surface area contributed by atoms with Gasteiger partial charge in [0.25, 0.3) is 0 Å². The fraction of sp³-hybridized carbons (Fsp3) is 0.294. The standard InChI is InChI=1S/C34H39N3O4S/c1-5-26(3)35-34(39)32(22-27-15-7-6-8-16-27)36(23-29-18-10-9-14-25(29)2)33(38)24-37(42(4,40)41)31-21-13-19-28-17-11-12-20-30(28)31/h6-21,26,32H,5,22-24H2,1-4H3,(H,35,39)/t26-,32-/m1/s1. The first-order chi connectivity index (χ1) is 20.1. The van der Waals surface area contributed by atoms with E-state index in [1.165, 1.54) is 4.90 Å². The molecule has 42 heavy (non-hydrogen) atoms. The zero-order chi connectivity index (χ0) is 30.3. The number of hydrogen-bond donors (Lipinski definition) is 1. The highest BCUT2D eigenvalue weighted by molar-refractivity contribution is 7.92. The van der Waals surface area contributed by atoms with Crippen molar-refractivity contribution in [3.8, 4) is 0 Å². The Morgan fingerprint density at radius 3 is 2.19 bits per heavy atom. The zero-order valence-corrected chi connectivity index (χ0v) is 25.5. The van der Waals surface area contributed by atoms with Crippen LogP contribution in [0.3, 0.4) is 0 Å². The second-order valence-electron chi connectivity index (χ2n) is 10.7. The number of anilines is 1. The van der Waals surface area contributed by atoms with Crippen LogP contribution in [-0.4, -0.2) is 50.0 Å². The molecule has 4 rings (SSSR count). The van der Waals surface area contributed by atoms with E-state index < -0.39 is 28.5 Å². The molecule has 0 fully saturated rings. The Morgan fingerprint density at radius 2 is 1.50 bits per heavy atom. The van der Waals surface area contributed by atoms with Gasteiger partial charge in [0.15, 0.2) is 0 Å². The van der Waals surface area contributed by atoms with Gasteiger partial charge in [-0.15, -0.1) is 0 Å². The Bertz CT molecular complexity index is 1630. The van der Waals surface area contributed by atoms with Crippen molar-refractivity contribution in [3.63, 3.8) is 0 Å². The molecule has 0 saturated heterocycles. The van der Waals surface area contributed by atoms with E-state index in [-0.39, 0.29) is 24.9 Å². The fourth-order valence-electron chi connectivity index (χ4n) is 4.99. The number of nitrogens with one attached hydrogen (secondary N) is 1. The first kappa shape index (κ1) is 30.8. The molecule has 0 unspecified atom stereocenters. The minimum absolute atomic E-state index is 0.0885. The number of nitrogens with zero attached hydrogens (tertiary/aromatic N) is 2. The van der Waals surface area contributed by atoms with Crippen molar-refractivity contribution < 1.29 is 18.0 Å². The third-order valence-electron chi connectivity index (χ3n) is 7.59. The molecule has 0 heterocycles. The highest BCUT2D eigenvalue weighted by Crippen LogP contribution is 2.29. The van der Waals surface area contributed by atoms with Crippen LogP contribution in [0.2, 0.25) is 0 Å². The fourth-order valence-corrected chi connectivity index (χ4v) is 5.85. The lowest BCUT2D eigenvalue weighted by molar-refractivity contribution is -0.140. The summed E-state index contributed by atoms with van der Waals surface area (Å²) in [4.78, 5) is 29.7. The Labute approximate surface area is 249 Å². The number of carbonyl (C=O) groups excluding carboxylic acids is 2. The maximum absolute atomic E-state index is 14.4. The lowest BCUT2D eigenvalue weighted by Crippen LogP contribution is -2.54. The van der Waals surface area contributed by atoms with Gasteiger partial charge in [-0.25, -0.2) is 8.42 Å². The van der Waals surface area contributed by atoms with Gasteiger partial charge in [0.2, 0.25) is 21.8 Å². The van der Waals surface area contributed by atoms with E-state index in [9.17, 15) is 18.0 Å². The summed E-state index contributed by atoms with van der Waals surface area (Å²) < 4.78 is 27.5. The second-order valence-corrected chi connectivity index (χ2v) is 12.6. The summed E-state index contributed by atoms with van der Waals surface area (Å²) in [6.07, 6.45) is 2.12. The van der Waals surface area contributed by atoms with E-state index in [0.717, 1.165) is 44.4 Å². The lowest BCUT2D eigenvalue weighted by atomic mass is 10.0.